The molecule has 7 nitrogen and oxygen atoms in total. The fourth-order valence-electron chi connectivity index (χ4n) is 4.56. The average Bonchev–Trinajstić information content (AvgIpc) is 3.33. The maximum absolute atomic E-state index is 13.8. The van der Waals surface area contributed by atoms with Crippen LogP contribution < -0.4 is 15.4 Å². The Morgan fingerprint density at radius 2 is 1.72 bits per heavy atom. The molecule has 1 amide bonds. The van der Waals surface area contributed by atoms with E-state index in [1.54, 1.807) is 36.4 Å². The molecule has 11 heteroatoms. The molecule has 0 aliphatic carbocycles. The van der Waals surface area contributed by atoms with Gasteiger partial charge in [0.25, 0.3) is 10.0 Å². The van der Waals surface area contributed by atoms with Crippen LogP contribution in [-0.2, 0) is 34.0 Å². The highest BCUT2D eigenvalue weighted by Gasteiger charge is 2.42. The number of sulfonamides is 1. The van der Waals surface area contributed by atoms with Gasteiger partial charge in [0.2, 0.25) is 5.91 Å². The number of aromatic nitrogens is 1. The number of fused-ring (bicyclic) bond motifs is 1. The van der Waals surface area contributed by atoms with Gasteiger partial charge >= 0.3 is 6.18 Å². The van der Waals surface area contributed by atoms with E-state index in [1.165, 1.54) is 42.6 Å². The van der Waals surface area contributed by atoms with Gasteiger partial charge < -0.3 is 11.1 Å². The first-order valence-electron chi connectivity index (χ1n) is 11.9. The molecule has 2 heterocycles. The lowest BCUT2D eigenvalue weighted by atomic mass is 10.0. The fraction of sp³-hybridized carbons (Fsp3) is 0.143. The molecule has 1 aliphatic heterocycles. The molecule has 3 aromatic carbocycles. The molecule has 1 aliphatic rings. The Kier molecular flexibility index (Phi) is 6.77. The van der Waals surface area contributed by atoms with Gasteiger partial charge in [-0.1, -0.05) is 48.5 Å². The molecule has 200 valence electrons. The molecule has 5 rings (SSSR count). The second-order valence-electron chi connectivity index (χ2n) is 9.02. The van der Waals surface area contributed by atoms with E-state index in [4.69, 9.17) is 5.73 Å². The van der Waals surface area contributed by atoms with E-state index in [-0.39, 0.29) is 23.7 Å². The second kappa shape index (κ2) is 10.1. The fourth-order valence-corrected chi connectivity index (χ4v) is 6.21. The third-order valence-corrected chi connectivity index (χ3v) is 8.38. The summed E-state index contributed by atoms with van der Waals surface area (Å²) in [5, 5.41) is 2.76. The van der Waals surface area contributed by atoms with Crippen LogP contribution in [0.25, 0.3) is 11.1 Å². The third kappa shape index (κ3) is 5.17. The molecule has 39 heavy (non-hydrogen) atoms. The number of rotatable bonds is 6. The standard InChI is InChI=1S/C28H23F3N4O3S/c29-28(30,31)22-8-3-6-19(15-22)18-10-12-23(13-11-18)39(37,38)35-24-9-2-1-5-20(24)16-25(35)27(36)34-17-21-7-4-14-33-26(21)32/h1-15,25H,16-17H2,(H2,32,33)(H,34,36)/t25-/m0/s1. The van der Waals surface area contributed by atoms with Gasteiger partial charge in [-0.15, -0.1) is 0 Å². The van der Waals surface area contributed by atoms with Crippen molar-refractivity contribution in [3.8, 4) is 11.1 Å². The number of anilines is 2. The van der Waals surface area contributed by atoms with Crippen LogP contribution in [0, 0.1) is 0 Å². The Hall–Kier alpha value is -4.38. The van der Waals surface area contributed by atoms with E-state index in [1.807, 2.05) is 0 Å². The van der Waals surface area contributed by atoms with Gasteiger partial charge in [0.15, 0.2) is 0 Å². The number of amides is 1. The van der Waals surface area contributed by atoms with Crippen LogP contribution in [0.1, 0.15) is 16.7 Å². The van der Waals surface area contributed by atoms with Crippen LogP contribution in [0.4, 0.5) is 24.7 Å². The SMILES string of the molecule is Nc1ncccc1CNC(=O)[C@@H]1Cc2ccccc2N1S(=O)(=O)c1ccc(-c2cccc(C(F)(F)F)c2)cc1. The van der Waals surface area contributed by atoms with E-state index >= 15 is 0 Å². The van der Waals surface area contributed by atoms with Crippen LogP contribution in [0.3, 0.4) is 0 Å². The van der Waals surface area contributed by atoms with Gasteiger partial charge in [-0.2, -0.15) is 13.2 Å². The maximum Gasteiger partial charge on any atom is 0.416 e. The summed E-state index contributed by atoms with van der Waals surface area (Å²) in [4.78, 5) is 17.2. The van der Waals surface area contributed by atoms with E-state index in [0.717, 1.165) is 16.4 Å². The zero-order valence-electron chi connectivity index (χ0n) is 20.4. The number of carbonyl (C=O) groups excluding carboxylic acids is 1. The Morgan fingerprint density at radius 1 is 0.974 bits per heavy atom. The Labute approximate surface area is 223 Å². The molecule has 1 atom stereocenters. The number of benzene rings is 3. The number of nitrogens with two attached hydrogens (primary N) is 1. The number of nitrogens with zero attached hydrogens (tertiary/aromatic N) is 2. The Balaban J connectivity index is 1.44. The van der Waals surface area contributed by atoms with Gasteiger partial charge in [0.1, 0.15) is 11.9 Å². The lowest BCUT2D eigenvalue weighted by Gasteiger charge is -2.26. The first-order chi connectivity index (χ1) is 18.6. The zero-order chi connectivity index (χ0) is 27.8. The normalized spacial score (nSPS) is 15.2. The predicted molar refractivity (Wildman–Crippen MR) is 141 cm³/mol. The molecule has 0 radical (unpaired) electrons. The first kappa shape index (κ1) is 26.2. The third-order valence-electron chi connectivity index (χ3n) is 6.54. The van der Waals surface area contributed by atoms with Crippen molar-refractivity contribution in [2.75, 3.05) is 10.0 Å². The number of para-hydroxylation sites is 1. The lowest BCUT2D eigenvalue weighted by Crippen LogP contribution is -2.47. The predicted octanol–water partition coefficient (Wildman–Crippen LogP) is 4.79. The first-order valence-corrected chi connectivity index (χ1v) is 13.4. The molecule has 4 aromatic rings. The molecule has 0 spiro atoms. The molecule has 0 saturated carbocycles. The van der Waals surface area contributed by atoms with Gasteiger partial charge in [-0.3, -0.25) is 9.10 Å². The number of carbonyl (C=O) groups is 1. The van der Waals surface area contributed by atoms with Crippen molar-refractivity contribution >= 4 is 27.4 Å². The minimum Gasteiger partial charge on any atom is -0.383 e. The molecule has 0 unspecified atom stereocenters. The molecule has 3 N–H and O–H groups in total. The van der Waals surface area contributed by atoms with Crippen LogP contribution >= 0.6 is 0 Å². The smallest absolute Gasteiger partial charge is 0.383 e. The van der Waals surface area contributed by atoms with Gasteiger partial charge in [-0.05, 0) is 53.1 Å². The molecule has 0 saturated heterocycles. The summed E-state index contributed by atoms with van der Waals surface area (Å²) in [6.07, 6.45) is -2.80. The van der Waals surface area contributed by atoms with Crippen molar-refractivity contribution in [1.82, 2.24) is 10.3 Å². The number of pyridine rings is 1. The average molecular weight is 553 g/mol. The molecule has 0 bridgehead atoms. The number of halogens is 3. The quantitative estimate of drug-likeness (QED) is 0.358. The van der Waals surface area contributed by atoms with Crippen LogP contribution in [0.5, 0.6) is 0 Å². The van der Waals surface area contributed by atoms with Crippen molar-refractivity contribution in [2.45, 2.75) is 30.1 Å². The highest BCUT2D eigenvalue weighted by Crippen LogP contribution is 2.38. The van der Waals surface area contributed by atoms with Crippen molar-refractivity contribution in [3.63, 3.8) is 0 Å². The molecular weight excluding hydrogens is 529 g/mol. The van der Waals surface area contributed by atoms with E-state index in [9.17, 15) is 26.4 Å². The largest absolute Gasteiger partial charge is 0.416 e. The summed E-state index contributed by atoms with van der Waals surface area (Å²) in [6, 6.07) is 19.6. The van der Waals surface area contributed by atoms with Gasteiger partial charge in [-0.25, -0.2) is 13.4 Å². The lowest BCUT2D eigenvalue weighted by molar-refractivity contribution is -0.137. The number of alkyl halides is 3. The second-order valence-corrected chi connectivity index (χ2v) is 10.8. The van der Waals surface area contributed by atoms with E-state index < -0.39 is 33.7 Å². The highest BCUT2D eigenvalue weighted by molar-refractivity contribution is 7.93. The Morgan fingerprint density at radius 3 is 2.44 bits per heavy atom. The summed E-state index contributed by atoms with van der Waals surface area (Å²) >= 11 is 0. The van der Waals surface area contributed by atoms with Gasteiger partial charge in [0.05, 0.1) is 16.1 Å². The monoisotopic (exact) mass is 552 g/mol. The summed E-state index contributed by atoms with van der Waals surface area (Å²) in [5.74, 6) is -0.239. The van der Waals surface area contributed by atoms with Crippen molar-refractivity contribution in [3.05, 3.63) is 108 Å². The number of nitrogens with one attached hydrogen (secondary N) is 1. The number of nitrogen functional groups attached to an aromatic ring is 1. The molecule has 1 aromatic heterocycles. The topological polar surface area (TPSA) is 105 Å². The molecule has 0 fully saturated rings. The highest BCUT2D eigenvalue weighted by atomic mass is 32.2. The summed E-state index contributed by atoms with van der Waals surface area (Å²) in [6.45, 7) is 0.0743. The van der Waals surface area contributed by atoms with Gasteiger partial charge in [0, 0.05) is 24.7 Å². The van der Waals surface area contributed by atoms with E-state index in [2.05, 4.69) is 10.3 Å². The van der Waals surface area contributed by atoms with E-state index in [0.29, 0.717) is 27.9 Å². The summed E-state index contributed by atoms with van der Waals surface area (Å²) < 4.78 is 68.2. The minimum atomic E-state index is -4.50. The maximum atomic E-state index is 13.8. The number of hydrogen-bond donors (Lipinski definition) is 2. The van der Waals surface area contributed by atoms with Crippen LogP contribution in [0.15, 0.2) is 96.0 Å². The minimum absolute atomic E-state index is 0.0743. The Bertz CT molecular complexity index is 1640. The van der Waals surface area contributed by atoms with Crippen molar-refractivity contribution < 1.29 is 26.4 Å². The number of hydrogen-bond acceptors (Lipinski definition) is 5. The molecular formula is C28H23F3N4O3S. The summed E-state index contributed by atoms with van der Waals surface area (Å²) in [7, 11) is -4.21. The van der Waals surface area contributed by atoms with Crippen molar-refractivity contribution in [1.29, 1.82) is 0 Å². The van der Waals surface area contributed by atoms with Crippen molar-refractivity contribution in [2.24, 2.45) is 0 Å². The zero-order valence-corrected chi connectivity index (χ0v) is 21.2. The van der Waals surface area contributed by atoms with Crippen LogP contribution in [-0.4, -0.2) is 25.4 Å². The van der Waals surface area contributed by atoms with Crippen LogP contribution in [0.2, 0.25) is 0 Å². The summed E-state index contributed by atoms with van der Waals surface area (Å²) in [5.41, 5.74) is 7.47.